The van der Waals surface area contributed by atoms with Gasteiger partial charge in [-0.2, -0.15) is 0 Å². The molecule has 0 spiro atoms. The smallest absolute Gasteiger partial charge is 0.150 e. The number of benzene rings is 1. The van der Waals surface area contributed by atoms with Crippen LogP contribution in [0, 0.1) is 0 Å². The third-order valence-corrected chi connectivity index (χ3v) is 3.49. The number of aldehydes is 1. The number of aliphatic hydroxyl groups is 1. The number of rotatable bonds is 3. The molecule has 2 rings (SSSR count). The molecular weight excluding hydrogens is 286 g/mol. The van der Waals surface area contributed by atoms with Gasteiger partial charge in [0.05, 0.1) is 31.5 Å². The highest BCUT2D eigenvalue weighted by molar-refractivity contribution is 9.10. The number of hydrogen-bond acceptors (Lipinski definition) is 4. The summed E-state index contributed by atoms with van der Waals surface area (Å²) < 4.78 is 6.20. The molecule has 0 bridgehead atoms. The van der Waals surface area contributed by atoms with Crippen molar-refractivity contribution in [1.82, 2.24) is 0 Å². The number of morpholine rings is 1. The first-order valence-electron chi connectivity index (χ1n) is 5.46. The van der Waals surface area contributed by atoms with Crippen molar-refractivity contribution in [3.8, 4) is 0 Å². The van der Waals surface area contributed by atoms with Crippen LogP contribution < -0.4 is 4.90 Å². The van der Waals surface area contributed by atoms with Crippen LogP contribution >= 0.6 is 15.9 Å². The predicted octanol–water partition coefficient (Wildman–Crippen LogP) is 1.46. The van der Waals surface area contributed by atoms with Crippen LogP contribution in [0.5, 0.6) is 0 Å². The van der Waals surface area contributed by atoms with E-state index >= 15 is 0 Å². The van der Waals surface area contributed by atoms with Gasteiger partial charge in [-0.05, 0) is 34.1 Å². The van der Waals surface area contributed by atoms with E-state index in [-0.39, 0.29) is 12.6 Å². The van der Waals surface area contributed by atoms with Crippen LogP contribution in [-0.4, -0.2) is 43.8 Å². The zero-order chi connectivity index (χ0) is 12.3. The van der Waals surface area contributed by atoms with Gasteiger partial charge in [0, 0.05) is 16.6 Å². The molecule has 1 N–H and O–H groups in total. The average molecular weight is 300 g/mol. The minimum Gasteiger partial charge on any atom is -0.394 e. The summed E-state index contributed by atoms with van der Waals surface area (Å²) in [5, 5.41) is 9.32. The molecule has 92 valence electrons. The molecule has 1 aromatic carbocycles. The molecular formula is C12H14BrNO3. The lowest BCUT2D eigenvalue weighted by atomic mass is 10.1. The van der Waals surface area contributed by atoms with Gasteiger partial charge in [0.25, 0.3) is 0 Å². The molecule has 1 aliphatic heterocycles. The topological polar surface area (TPSA) is 49.8 Å². The Morgan fingerprint density at radius 3 is 3.06 bits per heavy atom. The summed E-state index contributed by atoms with van der Waals surface area (Å²) >= 11 is 3.46. The second kappa shape index (κ2) is 5.62. The molecule has 4 nitrogen and oxygen atoms in total. The van der Waals surface area contributed by atoms with Crippen molar-refractivity contribution < 1.29 is 14.6 Å². The Kier molecular flexibility index (Phi) is 4.15. The van der Waals surface area contributed by atoms with E-state index in [1.165, 1.54) is 0 Å². The maximum Gasteiger partial charge on any atom is 0.150 e. The molecule has 1 saturated heterocycles. The first-order chi connectivity index (χ1) is 8.26. The SMILES string of the molecule is O=Cc1ccc(N2CCOCC2CO)c(Br)c1. The van der Waals surface area contributed by atoms with Crippen LogP contribution in [0.4, 0.5) is 5.69 Å². The van der Waals surface area contributed by atoms with Crippen LogP contribution in [0.3, 0.4) is 0 Å². The van der Waals surface area contributed by atoms with Crippen LogP contribution in [0.25, 0.3) is 0 Å². The monoisotopic (exact) mass is 299 g/mol. The van der Waals surface area contributed by atoms with E-state index in [1.54, 1.807) is 12.1 Å². The Morgan fingerprint density at radius 1 is 1.59 bits per heavy atom. The number of nitrogens with zero attached hydrogens (tertiary/aromatic N) is 1. The van der Waals surface area contributed by atoms with Gasteiger partial charge >= 0.3 is 0 Å². The number of carbonyl (C=O) groups is 1. The van der Waals surface area contributed by atoms with E-state index < -0.39 is 0 Å². The second-order valence-corrected chi connectivity index (χ2v) is 4.79. The summed E-state index contributed by atoms with van der Waals surface area (Å²) in [6, 6.07) is 5.42. The highest BCUT2D eigenvalue weighted by atomic mass is 79.9. The van der Waals surface area contributed by atoms with E-state index in [2.05, 4.69) is 20.8 Å². The fraction of sp³-hybridized carbons (Fsp3) is 0.417. The Bertz CT molecular complexity index is 411. The summed E-state index contributed by atoms with van der Waals surface area (Å²) in [5.41, 5.74) is 1.62. The van der Waals surface area contributed by atoms with Gasteiger partial charge in [-0.25, -0.2) is 0 Å². The normalized spacial score (nSPS) is 20.4. The molecule has 5 heteroatoms. The van der Waals surface area contributed by atoms with Gasteiger partial charge in [-0.1, -0.05) is 0 Å². The van der Waals surface area contributed by atoms with Crippen molar-refractivity contribution >= 4 is 27.9 Å². The van der Waals surface area contributed by atoms with Crippen molar-refractivity contribution in [3.63, 3.8) is 0 Å². The summed E-state index contributed by atoms with van der Waals surface area (Å²) in [7, 11) is 0. The molecule has 0 radical (unpaired) electrons. The molecule has 1 heterocycles. The molecule has 17 heavy (non-hydrogen) atoms. The maximum atomic E-state index is 10.7. The summed E-state index contributed by atoms with van der Waals surface area (Å²) in [6.45, 7) is 1.98. The molecule has 0 aliphatic carbocycles. The number of hydrogen-bond donors (Lipinski definition) is 1. The zero-order valence-corrected chi connectivity index (χ0v) is 10.9. The fourth-order valence-corrected chi connectivity index (χ4v) is 2.58. The van der Waals surface area contributed by atoms with E-state index in [0.717, 1.165) is 23.0 Å². The summed E-state index contributed by atoms with van der Waals surface area (Å²) in [6.07, 6.45) is 0.817. The van der Waals surface area contributed by atoms with Crippen LogP contribution in [0.2, 0.25) is 0 Å². The molecule has 1 aliphatic rings. The lowest BCUT2D eigenvalue weighted by molar-refractivity contribution is 0.0726. The molecule has 1 atom stereocenters. The van der Waals surface area contributed by atoms with Crippen molar-refractivity contribution in [2.75, 3.05) is 31.3 Å². The van der Waals surface area contributed by atoms with Gasteiger partial charge in [-0.15, -0.1) is 0 Å². The number of ether oxygens (including phenoxy) is 1. The highest BCUT2D eigenvalue weighted by Gasteiger charge is 2.23. The van der Waals surface area contributed by atoms with E-state index in [0.29, 0.717) is 18.8 Å². The van der Waals surface area contributed by atoms with Crippen LogP contribution in [0.15, 0.2) is 22.7 Å². The first kappa shape index (κ1) is 12.5. The predicted molar refractivity (Wildman–Crippen MR) is 68.6 cm³/mol. The number of aliphatic hydroxyl groups excluding tert-OH is 1. The Morgan fingerprint density at radius 2 is 2.41 bits per heavy atom. The fourth-order valence-electron chi connectivity index (χ4n) is 1.95. The summed E-state index contributed by atoms with van der Waals surface area (Å²) in [4.78, 5) is 12.8. The van der Waals surface area contributed by atoms with E-state index in [9.17, 15) is 9.90 Å². The lowest BCUT2D eigenvalue weighted by Gasteiger charge is -2.36. The van der Waals surface area contributed by atoms with Gasteiger partial charge in [0.1, 0.15) is 6.29 Å². The van der Waals surface area contributed by atoms with Gasteiger partial charge in [0.15, 0.2) is 0 Å². The molecule has 1 unspecified atom stereocenters. The van der Waals surface area contributed by atoms with Crippen LogP contribution in [0.1, 0.15) is 10.4 Å². The summed E-state index contributed by atoms with van der Waals surface area (Å²) in [5.74, 6) is 0. The van der Waals surface area contributed by atoms with Crippen molar-refractivity contribution in [2.24, 2.45) is 0 Å². The minimum absolute atomic E-state index is 0.0258. The minimum atomic E-state index is -0.0258. The Labute approximate surface area is 108 Å². The standard InChI is InChI=1S/C12H14BrNO3/c13-11-5-9(6-15)1-2-12(11)14-3-4-17-8-10(14)7-16/h1-2,5-6,10,16H,3-4,7-8H2. The molecule has 0 amide bonds. The van der Waals surface area contributed by atoms with E-state index in [4.69, 9.17) is 4.74 Å². The molecule has 0 aromatic heterocycles. The first-order valence-corrected chi connectivity index (χ1v) is 6.25. The third-order valence-electron chi connectivity index (χ3n) is 2.86. The third kappa shape index (κ3) is 2.68. The van der Waals surface area contributed by atoms with Crippen LogP contribution in [-0.2, 0) is 4.74 Å². The molecule has 0 saturated carbocycles. The Hall–Kier alpha value is -0.910. The van der Waals surface area contributed by atoms with Gasteiger partial charge in [0.2, 0.25) is 0 Å². The van der Waals surface area contributed by atoms with E-state index in [1.807, 2.05) is 6.07 Å². The quantitative estimate of drug-likeness (QED) is 0.859. The van der Waals surface area contributed by atoms with Crippen molar-refractivity contribution in [3.05, 3.63) is 28.2 Å². The molecule has 1 aromatic rings. The molecule has 1 fully saturated rings. The maximum absolute atomic E-state index is 10.7. The zero-order valence-electron chi connectivity index (χ0n) is 9.30. The van der Waals surface area contributed by atoms with Gasteiger partial charge in [-0.3, -0.25) is 4.79 Å². The largest absolute Gasteiger partial charge is 0.394 e. The van der Waals surface area contributed by atoms with Gasteiger partial charge < -0.3 is 14.7 Å². The van der Waals surface area contributed by atoms with Crippen molar-refractivity contribution in [2.45, 2.75) is 6.04 Å². The Balaban J connectivity index is 2.28. The highest BCUT2D eigenvalue weighted by Crippen LogP contribution is 2.29. The lowest BCUT2D eigenvalue weighted by Crippen LogP contribution is -2.47. The second-order valence-electron chi connectivity index (χ2n) is 3.93. The number of carbonyl (C=O) groups excluding carboxylic acids is 1. The number of halogens is 1. The van der Waals surface area contributed by atoms with Crippen molar-refractivity contribution in [1.29, 1.82) is 0 Å². The average Bonchev–Trinajstić information content (AvgIpc) is 2.38. The number of anilines is 1.